The molecule has 1 aromatic rings. The molecule has 0 radical (unpaired) electrons. The molecule has 0 aliphatic carbocycles. The molecule has 1 aromatic heterocycles. The third-order valence-corrected chi connectivity index (χ3v) is 3.46. The maximum Gasteiger partial charge on any atom is 0.160 e. The molecule has 0 amide bonds. The van der Waals surface area contributed by atoms with Crippen LogP contribution in [0.25, 0.3) is 0 Å². The van der Waals surface area contributed by atoms with E-state index in [1.807, 2.05) is 13.2 Å². The molecule has 0 aliphatic heterocycles. The van der Waals surface area contributed by atoms with Crippen molar-refractivity contribution in [3.05, 3.63) is 17.7 Å². The molecule has 0 aromatic carbocycles. The highest BCUT2D eigenvalue weighted by molar-refractivity contribution is 5.25. The number of nitrogens with zero attached hydrogens (tertiary/aromatic N) is 2. The van der Waals surface area contributed by atoms with Gasteiger partial charge in [0, 0.05) is 12.5 Å². The van der Waals surface area contributed by atoms with Crippen LogP contribution in [0.5, 0.6) is 5.75 Å². The number of hydrogen-bond donors (Lipinski definition) is 1. The second-order valence-electron chi connectivity index (χ2n) is 5.84. The Bertz CT molecular complexity index is 394. The van der Waals surface area contributed by atoms with Gasteiger partial charge in [-0.25, -0.2) is 9.97 Å². The fourth-order valence-electron chi connectivity index (χ4n) is 2.18. The van der Waals surface area contributed by atoms with E-state index in [0.29, 0.717) is 12.5 Å². The van der Waals surface area contributed by atoms with Crippen LogP contribution in [0.3, 0.4) is 0 Å². The van der Waals surface area contributed by atoms with Gasteiger partial charge in [0.1, 0.15) is 5.82 Å². The van der Waals surface area contributed by atoms with E-state index in [4.69, 9.17) is 4.74 Å². The maximum atomic E-state index is 5.87. The van der Waals surface area contributed by atoms with Crippen LogP contribution in [0.1, 0.15) is 76.7 Å². The molecule has 120 valence electrons. The summed E-state index contributed by atoms with van der Waals surface area (Å²) in [7, 11) is 1.93. The molecule has 1 rings (SSSR count). The van der Waals surface area contributed by atoms with Gasteiger partial charge in [-0.15, -0.1) is 0 Å². The van der Waals surface area contributed by atoms with Crippen LogP contribution in [0.2, 0.25) is 0 Å². The highest BCUT2D eigenvalue weighted by atomic mass is 16.5. The Kier molecular flexibility index (Phi) is 8.99. The highest BCUT2D eigenvalue weighted by Gasteiger charge is 2.10. The number of hydrogen-bond acceptors (Lipinski definition) is 4. The van der Waals surface area contributed by atoms with Crippen molar-refractivity contribution in [2.24, 2.45) is 0 Å². The summed E-state index contributed by atoms with van der Waals surface area (Å²) >= 11 is 0. The lowest BCUT2D eigenvalue weighted by Crippen LogP contribution is -2.12. The van der Waals surface area contributed by atoms with E-state index in [0.717, 1.165) is 30.3 Å². The number of unbranched alkanes of at least 4 members (excludes halogenated alkanes) is 5. The summed E-state index contributed by atoms with van der Waals surface area (Å²) in [4.78, 5) is 9.00. The largest absolute Gasteiger partial charge is 0.490 e. The summed E-state index contributed by atoms with van der Waals surface area (Å²) in [5.41, 5.74) is 0.960. The fraction of sp³-hybridized carbons (Fsp3) is 0.765. The monoisotopic (exact) mass is 293 g/mol. The topological polar surface area (TPSA) is 47.0 Å². The zero-order chi connectivity index (χ0) is 15.5. The lowest BCUT2D eigenvalue weighted by atomic mass is 10.1. The third kappa shape index (κ3) is 6.89. The first kappa shape index (κ1) is 17.9. The average molecular weight is 293 g/mol. The van der Waals surface area contributed by atoms with Gasteiger partial charge in [0.15, 0.2) is 5.75 Å². The van der Waals surface area contributed by atoms with E-state index in [1.165, 1.54) is 32.1 Å². The minimum Gasteiger partial charge on any atom is -0.490 e. The van der Waals surface area contributed by atoms with Gasteiger partial charge in [-0.3, -0.25) is 0 Å². The van der Waals surface area contributed by atoms with Crippen LogP contribution in [-0.4, -0.2) is 23.6 Å². The first-order valence-electron chi connectivity index (χ1n) is 8.32. The van der Waals surface area contributed by atoms with Crippen molar-refractivity contribution in [3.63, 3.8) is 0 Å². The zero-order valence-electron chi connectivity index (χ0n) is 14.1. The SMILES string of the molecule is CCCCCCCCOc1cnc(C(C)C)nc1CNC. The first-order valence-corrected chi connectivity index (χ1v) is 8.32. The van der Waals surface area contributed by atoms with Crippen molar-refractivity contribution in [1.82, 2.24) is 15.3 Å². The van der Waals surface area contributed by atoms with Crippen molar-refractivity contribution < 1.29 is 4.74 Å². The van der Waals surface area contributed by atoms with Crippen molar-refractivity contribution in [2.75, 3.05) is 13.7 Å². The molecule has 0 unspecified atom stereocenters. The van der Waals surface area contributed by atoms with Crippen molar-refractivity contribution in [3.8, 4) is 5.75 Å². The smallest absolute Gasteiger partial charge is 0.160 e. The van der Waals surface area contributed by atoms with Crippen LogP contribution in [0.15, 0.2) is 6.20 Å². The molecule has 0 fully saturated rings. The Morgan fingerprint density at radius 3 is 2.52 bits per heavy atom. The normalized spacial score (nSPS) is 11.1. The standard InChI is InChI=1S/C17H31N3O/c1-5-6-7-8-9-10-11-21-16-13-19-17(14(2)3)20-15(16)12-18-4/h13-14,18H,5-12H2,1-4H3. The summed E-state index contributed by atoms with van der Waals surface area (Å²) in [6.45, 7) is 7.93. The summed E-state index contributed by atoms with van der Waals surface area (Å²) in [5.74, 6) is 2.04. The Balaban J connectivity index is 2.42. The molecule has 4 heteroatoms. The van der Waals surface area contributed by atoms with Gasteiger partial charge in [-0.05, 0) is 13.5 Å². The van der Waals surface area contributed by atoms with Gasteiger partial charge < -0.3 is 10.1 Å². The molecular formula is C17H31N3O. The van der Waals surface area contributed by atoms with E-state index >= 15 is 0 Å². The Labute approximate surface area is 129 Å². The minimum absolute atomic E-state index is 0.341. The number of nitrogens with one attached hydrogen (secondary N) is 1. The summed E-state index contributed by atoms with van der Waals surface area (Å²) < 4.78 is 5.87. The summed E-state index contributed by atoms with van der Waals surface area (Å²) in [6, 6.07) is 0. The van der Waals surface area contributed by atoms with Gasteiger partial charge >= 0.3 is 0 Å². The maximum absolute atomic E-state index is 5.87. The molecule has 0 aliphatic rings. The van der Waals surface area contributed by atoms with Crippen LogP contribution in [-0.2, 0) is 6.54 Å². The van der Waals surface area contributed by atoms with Crippen molar-refractivity contribution in [2.45, 2.75) is 71.8 Å². The summed E-state index contributed by atoms with van der Waals surface area (Å²) in [6.07, 6.45) is 9.46. The van der Waals surface area contributed by atoms with E-state index in [2.05, 4.69) is 36.1 Å². The first-order chi connectivity index (χ1) is 10.2. The van der Waals surface area contributed by atoms with Crippen LogP contribution < -0.4 is 10.1 Å². The molecule has 0 spiro atoms. The molecular weight excluding hydrogens is 262 g/mol. The van der Waals surface area contributed by atoms with E-state index in [9.17, 15) is 0 Å². The Hall–Kier alpha value is -1.16. The third-order valence-electron chi connectivity index (χ3n) is 3.46. The minimum atomic E-state index is 0.341. The highest BCUT2D eigenvalue weighted by Crippen LogP contribution is 2.19. The Morgan fingerprint density at radius 1 is 1.14 bits per heavy atom. The second-order valence-corrected chi connectivity index (χ2v) is 5.84. The number of aromatic nitrogens is 2. The quantitative estimate of drug-likeness (QED) is 0.625. The van der Waals surface area contributed by atoms with Crippen LogP contribution >= 0.6 is 0 Å². The van der Waals surface area contributed by atoms with Gasteiger partial charge in [0.25, 0.3) is 0 Å². The molecule has 1 N–H and O–H groups in total. The molecule has 21 heavy (non-hydrogen) atoms. The predicted molar refractivity (Wildman–Crippen MR) is 87.8 cm³/mol. The average Bonchev–Trinajstić information content (AvgIpc) is 2.47. The van der Waals surface area contributed by atoms with Crippen molar-refractivity contribution in [1.29, 1.82) is 0 Å². The van der Waals surface area contributed by atoms with Gasteiger partial charge in [-0.1, -0.05) is 52.9 Å². The zero-order valence-corrected chi connectivity index (χ0v) is 14.1. The molecule has 4 nitrogen and oxygen atoms in total. The lowest BCUT2D eigenvalue weighted by Gasteiger charge is -2.12. The number of rotatable bonds is 11. The molecule has 1 heterocycles. The summed E-state index contributed by atoms with van der Waals surface area (Å²) in [5, 5.41) is 3.15. The van der Waals surface area contributed by atoms with E-state index in [-0.39, 0.29) is 0 Å². The molecule has 0 saturated heterocycles. The molecule has 0 atom stereocenters. The lowest BCUT2D eigenvalue weighted by molar-refractivity contribution is 0.297. The van der Waals surface area contributed by atoms with Crippen molar-refractivity contribution >= 4 is 0 Å². The predicted octanol–water partition coefficient (Wildman–Crippen LogP) is 4.06. The van der Waals surface area contributed by atoms with Crippen LogP contribution in [0.4, 0.5) is 0 Å². The molecule has 0 saturated carbocycles. The van der Waals surface area contributed by atoms with Gasteiger partial charge in [0.05, 0.1) is 18.5 Å². The van der Waals surface area contributed by atoms with E-state index in [1.54, 1.807) is 0 Å². The van der Waals surface area contributed by atoms with E-state index < -0.39 is 0 Å². The van der Waals surface area contributed by atoms with Gasteiger partial charge in [0.2, 0.25) is 0 Å². The number of ether oxygens (including phenoxy) is 1. The van der Waals surface area contributed by atoms with Gasteiger partial charge in [-0.2, -0.15) is 0 Å². The molecule has 0 bridgehead atoms. The fourth-order valence-corrected chi connectivity index (χ4v) is 2.18. The Morgan fingerprint density at radius 2 is 1.86 bits per heavy atom. The second kappa shape index (κ2) is 10.6. The van der Waals surface area contributed by atoms with Crippen LogP contribution in [0, 0.1) is 0 Å².